The molecule has 0 aliphatic heterocycles. The Hall–Kier alpha value is -3.30. The van der Waals surface area contributed by atoms with Gasteiger partial charge in [0.2, 0.25) is 10.0 Å². The van der Waals surface area contributed by atoms with Crippen LogP contribution in [0.5, 0.6) is 0 Å². The zero-order valence-electron chi connectivity index (χ0n) is 14.2. The molecule has 2 N–H and O–H groups in total. The second kappa shape index (κ2) is 8.39. The van der Waals surface area contributed by atoms with Gasteiger partial charge in [-0.1, -0.05) is 36.4 Å². The summed E-state index contributed by atoms with van der Waals surface area (Å²) in [5.74, 6) is -0.582. The van der Waals surface area contributed by atoms with Crippen LogP contribution in [0.2, 0.25) is 0 Å². The standard InChI is InChI=1S/C18H17N5O3S/c24-18(13-21-27(25,26)17-9-5-2-6-10-17)22-19-11-15-12-20-23(14-15)16-7-3-1-4-8-16/h1-12,14,21H,13H2,(H,22,24)/b19-11-. The lowest BCUT2D eigenvalue weighted by Gasteiger charge is -2.05. The Bertz CT molecular complexity index is 1030. The van der Waals surface area contributed by atoms with Crippen molar-refractivity contribution in [3.63, 3.8) is 0 Å². The van der Waals surface area contributed by atoms with Crippen LogP contribution in [-0.2, 0) is 14.8 Å². The summed E-state index contributed by atoms with van der Waals surface area (Å²) >= 11 is 0. The fourth-order valence-electron chi connectivity index (χ4n) is 2.19. The van der Waals surface area contributed by atoms with Crippen molar-refractivity contribution in [1.29, 1.82) is 0 Å². The first-order valence-corrected chi connectivity index (χ1v) is 9.50. The van der Waals surface area contributed by atoms with Crippen LogP contribution in [0, 0.1) is 0 Å². The van der Waals surface area contributed by atoms with Gasteiger partial charge >= 0.3 is 0 Å². The normalized spacial score (nSPS) is 11.6. The van der Waals surface area contributed by atoms with Gasteiger partial charge in [0.05, 0.1) is 29.5 Å². The van der Waals surface area contributed by atoms with E-state index in [9.17, 15) is 13.2 Å². The quantitative estimate of drug-likeness (QED) is 0.474. The molecule has 1 heterocycles. The summed E-state index contributed by atoms with van der Waals surface area (Å²) in [6.07, 6.45) is 4.78. The Labute approximate surface area is 156 Å². The van der Waals surface area contributed by atoms with Crippen LogP contribution in [0.25, 0.3) is 5.69 Å². The summed E-state index contributed by atoms with van der Waals surface area (Å²) in [6.45, 7) is -0.419. The maximum Gasteiger partial charge on any atom is 0.255 e. The number of nitrogens with zero attached hydrogens (tertiary/aromatic N) is 3. The monoisotopic (exact) mass is 383 g/mol. The number of amides is 1. The Morgan fingerprint density at radius 2 is 1.74 bits per heavy atom. The summed E-state index contributed by atoms with van der Waals surface area (Å²) in [6, 6.07) is 17.4. The maximum absolute atomic E-state index is 12.0. The lowest BCUT2D eigenvalue weighted by molar-refractivity contribution is -0.119. The van der Waals surface area contributed by atoms with Crippen molar-refractivity contribution in [3.8, 4) is 5.69 Å². The highest BCUT2D eigenvalue weighted by molar-refractivity contribution is 7.89. The SMILES string of the molecule is O=C(CNS(=O)(=O)c1ccccc1)N/N=C\c1cnn(-c2ccccc2)c1. The van der Waals surface area contributed by atoms with E-state index in [1.165, 1.54) is 18.3 Å². The van der Waals surface area contributed by atoms with Crippen LogP contribution in [0.15, 0.2) is 83.1 Å². The van der Waals surface area contributed by atoms with Crippen molar-refractivity contribution < 1.29 is 13.2 Å². The van der Waals surface area contributed by atoms with Crippen LogP contribution in [-0.4, -0.2) is 36.9 Å². The molecule has 1 aromatic heterocycles. The van der Waals surface area contributed by atoms with E-state index in [2.05, 4.69) is 20.3 Å². The minimum Gasteiger partial charge on any atom is -0.272 e. The average Bonchev–Trinajstić information content (AvgIpc) is 3.17. The lowest BCUT2D eigenvalue weighted by Crippen LogP contribution is -2.34. The van der Waals surface area contributed by atoms with Gasteiger partial charge in [-0.2, -0.15) is 10.2 Å². The summed E-state index contributed by atoms with van der Waals surface area (Å²) in [5, 5.41) is 8.02. The van der Waals surface area contributed by atoms with E-state index in [0.29, 0.717) is 5.56 Å². The van der Waals surface area contributed by atoms with E-state index in [-0.39, 0.29) is 4.90 Å². The van der Waals surface area contributed by atoms with Gasteiger partial charge in [0.15, 0.2) is 0 Å². The van der Waals surface area contributed by atoms with Crippen LogP contribution in [0.1, 0.15) is 5.56 Å². The van der Waals surface area contributed by atoms with Crippen molar-refractivity contribution >= 4 is 22.1 Å². The van der Waals surface area contributed by atoms with E-state index < -0.39 is 22.5 Å². The number of benzene rings is 2. The van der Waals surface area contributed by atoms with Gasteiger partial charge in [-0.05, 0) is 24.3 Å². The number of rotatable bonds is 7. The van der Waals surface area contributed by atoms with Crippen molar-refractivity contribution in [3.05, 3.63) is 78.6 Å². The molecule has 0 saturated heterocycles. The number of carbonyl (C=O) groups excluding carboxylic acids is 1. The van der Waals surface area contributed by atoms with E-state index in [1.54, 1.807) is 35.3 Å². The second-order valence-electron chi connectivity index (χ2n) is 5.48. The third kappa shape index (κ3) is 5.09. The number of aromatic nitrogens is 2. The molecule has 0 atom stereocenters. The molecule has 1 amide bonds. The zero-order valence-corrected chi connectivity index (χ0v) is 15.0. The Kier molecular flexibility index (Phi) is 5.74. The highest BCUT2D eigenvalue weighted by Gasteiger charge is 2.14. The molecule has 0 fully saturated rings. The second-order valence-corrected chi connectivity index (χ2v) is 7.25. The molecule has 0 radical (unpaired) electrons. The summed E-state index contributed by atoms with van der Waals surface area (Å²) in [7, 11) is -3.74. The highest BCUT2D eigenvalue weighted by atomic mass is 32.2. The van der Waals surface area contributed by atoms with E-state index in [1.807, 2.05) is 30.3 Å². The first-order chi connectivity index (χ1) is 13.0. The fourth-order valence-corrected chi connectivity index (χ4v) is 3.19. The third-order valence-corrected chi connectivity index (χ3v) is 4.92. The Morgan fingerprint density at radius 1 is 1.07 bits per heavy atom. The smallest absolute Gasteiger partial charge is 0.255 e. The molecule has 9 heteroatoms. The third-order valence-electron chi connectivity index (χ3n) is 3.50. The van der Waals surface area contributed by atoms with Crippen molar-refractivity contribution in [1.82, 2.24) is 19.9 Å². The van der Waals surface area contributed by atoms with E-state index in [4.69, 9.17) is 0 Å². The van der Waals surface area contributed by atoms with Gasteiger partial charge in [-0.15, -0.1) is 0 Å². The molecule has 27 heavy (non-hydrogen) atoms. The molecule has 0 bridgehead atoms. The molecular formula is C18H17N5O3S. The van der Waals surface area contributed by atoms with Crippen LogP contribution in [0.3, 0.4) is 0 Å². The van der Waals surface area contributed by atoms with Crippen LogP contribution >= 0.6 is 0 Å². The number of carbonyl (C=O) groups is 1. The largest absolute Gasteiger partial charge is 0.272 e. The topological polar surface area (TPSA) is 105 Å². The maximum atomic E-state index is 12.0. The van der Waals surface area contributed by atoms with Crippen molar-refractivity contribution in [2.45, 2.75) is 4.90 Å². The van der Waals surface area contributed by atoms with Gasteiger partial charge in [-0.25, -0.2) is 23.2 Å². The molecule has 138 valence electrons. The molecule has 3 rings (SSSR count). The molecule has 3 aromatic rings. The van der Waals surface area contributed by atoms with Crippen LogP contribution in [0.4, 0.5) is 0 Å². The number of hydrogen-bond donors (Lipinski definition) is 2. The van der Waals surface area contributed by atoms with Gasteiger partial charge < -0.3 is 0 Å². The highest BCUT2D eigenvalue weighted by Crippen LogP contribution is 2.07. The molecule has 8 nitrogen and oxygen atoms in total. The summed E-state index contributed by atoms with van der Waals surface area (Å²) in [4.78, 5) is 11.9. The minimum atomic E-state index is -3.74. The van der Waals surface area contributed by atoms with Crippen LogP contribution < -0.4 is 10.1 Å². The van der Waals surface area contributed by atoms with Gasteiger partial charge in [0.1, 0.15) is 0 Å². The van der Waals surface area contributed by atoms with E-state index >= 15 is 0 Å². The Balaban J connectivity index is 1.51. The number of sulfonamides is 1. The van der Waals surface area contributed by atoms with Crippen molar-refractivity contribution in [2.75, 3.05) is 6.54 Å². The van der Waals surface area contributed by atoms with Gasteiger partial charge in [-0.3, -0.25) is 4.79 Å². The molecule has 0 spiro atoms. The minimum absolute atomic E-state index is 0.0922. The predicted molar refractivity (Wildman–Crippen MR) is 101 cm³/mol. The zero-order chi connectivity index (χ0) is 19.1. The average molecular weight is 383 g/mol. The fraction of sp³-hybridized carbons (Fsp3) is 0.0556. The predicted octanol–water partition coefficient (Wildman–Crippen LogP) is 1.30. The first kappa shape index (κ1) is 18.5. The molecule has 0 aliphatic rings. The molecule has 0 aliphatic carbocycles. The molecule has 0 unspecified atom stereocenters. The molecule has 0 saturated carbocycles. The molecule has 2 aromatic carbocycles. The number of hydrogen-bond acceptors (Lipinski definition) is 5. The summed E-state index contributed by atoms with van der Waals surface area (Å²) in [5.41, 5.74) is 3.85. The van der Waals surface area contributed by atoms with Gasteiger partial charge in [0.25, 0.3) is 5.91 Å². The van der Waals surface area contributed by atoms with Crippen molar-refractivity contribution in [2.24, 2.45) is 5.10 Å². The Morgan fingerprint density at radius 3 is 2.44 bits per heavy atom. The van der Waals surface area contributed by atoms with Gasteiger partial charge in [0, 0.05) is 11.8 Å². The summed E-state index contributed by atoms with van der Waals surface area (Å²) < 4.78 is 28.0. The number of para-hydroxylation sites is 1. The first-order valence-electron chi connectivity index (χ1n) is 8.01. The number of hydrazone groups is 1. The van der Waals surface area contributed by atoms with E-state index in [0.717, 1.165) is 5.69 Å². The molecular weight excluding hydrogens is 366 g/mol. The lowest BCUT2D eigenvalue weighted by atomic mass is 10.3. The number of nitrogens with one attached hydrogen (secondary N) is 2.